The molecule has 1 N–H and O–H groups in total. The van der Waals surface area contributed by atoms with Crippen LogP contribution in [-0.4, -0.2) is 23.2 Å². The highest BCUT2D eigenvalue weighted by Crippen LogP contribution is 2.12. The van der Waals surface area contributed by atoms with Crippen molar-refractivity contribution < 1.29 is 14.1 Å². The van der Waals surface area contributed by atoms with Crippen molar-refractivity contribution in [3.05, 3.63) is 40.5 Å². The molecule has 0 bridgehead atoms. The molecule has 7 heteroatoms. The molecule has 0 atom stereocenters. The maximum Gasteiger partial charge on any atom is 0.277 e. The van der Waals surface area contributed by atoms with E-state index in [1.165, 1.54) is 19.4 Å². The maximum absolute atomic E-state index is 11.8. The van der Waals surface area contributed by atoms with Gasteiger partial charge < -0.3 is 14.6 Å². The number of rotatable bonds is 4. The van der Waals surface area contributed by atoms with E-state index in [0.717, 1.165) is 0 Å². The van der Waals surface area contributed by atoms with Crippen LogP contribution in [0.25, 0.3) is 0 Å². The first kappa shape index (κ1) is 12.7. The highest BCUT2D eigenvalue weighted by Gasteiger charge is 2.12. The van der Waals surface area contributed by atoms with Gasteiger partial charge in [-0.05, 0) is 28.1 Å². The Kier molecular flexibility index (Phi) is 4.06. The van der Waals surface area contributed by atoms with Gasteiger partial charge in [-0.25, -0.2) is 4.98 Å². The fourth-order valence-corrected chi connectivity index (χ4v) is 1.51. The molecule has 0 saturated heterocycles. The van der Waals surface area contributed by atoms with Crippen molar-refractivity contribution in [1.82, 2.24) is 10.1 Å². The molecule has 0 fully saturated rings. The van der Waals surface area contributed by atoms with E-state index in [1.807, 2.05) is 0 Å². The average Bonchev–Trinajstić information content (AvgIpc) is 2.81. The lowest BCUT2D eigenvalue weighted by Crippen LogP contribution is -2.12. The van der Waals surface area contributed by atoms with Gasteiger partial charge in [-0.2, -0.15) is 0 Å². The smallest absolute Gasteiger partial charge is 0.277 e. The third-order valence-electron chi connectivity index (χ3n) is 2.06. The number of anilines is 1. The van der Waals surface area contributed by atoms with E-state index in [0.29, 0.717) is 16.1 Å². The van der Waals surface area contributed by atoms with Gasteiger partial charge in [0, 0.05) is 13.2 Å². The average molecular weight is 312 g/mol. The molecular weight excluding hydrogens is 302 g/mol. The fourth-order valence-electron chi connectivity index (χ4n) is 1.28. The van der Waals surface area contributed by atoms with E-state index in [2.05, 4.69) is 31.4 Å². The van der Waals surface area contributed by atoms with E-state index < -0.39 is 0 Å². The van der Waals surface area contributed by atoms with Crippen molar-refractivity contribution in [3.8, 4) is 0 Å². The van der Waals surface area contributed by atoms with Crippen LogP contribution in [0.15, 0.2) is 33.5 Å². The number of ether oxygens (including phenoxy) is 1. The molecule has 6 nitrogen and oxygen atoms in total. The molecule has 0 aliphatic carbocycles. The van der Waals surface area contributed by atoms with E-state index in [9.17, 15) is 4.79 Å². The van der Waals surface area contributed by atoms with Crippen molar-refractivity contribution >= 4 is 27.5 Å². The van der Waals surface area contributed by atoms with Gasteiger partial charge in [-0.1, -0.05) is 5.16 Å². The molecule has 2 heterocycles. The lowest BCUT2D eigenvalue weighted by molar-refractivity contribution is 0.101. The van der Waals surface area contributed by atoms with Crippen LogP contribution in [0.1, 0.15) is 16.2 Å². The minimum absolute atomic E-state index is 0.199. The first-order chi connectivity index (χ1) is 8.69. The standard InChI is InChI=1S/C11H10BrN3O3/c1-17-6-8-4-9(15-18-8)11(16)14-7-2-3-10(12)13-5-7/h2-5H,6H2,1H3,(H,14,16). The Morgan fingerprint density at radius 3 is 3.06 bits per heavy atom. The summed E-state index contributed by atoms with van der Waals surface area (Å²) >= 11 is 3.21. The van der Waals surface area contributed by atoms with E-state index in [4.69, 9.17) is 9.26 Å². The van der Waals surface area contributed by atoms with Gasteiger partial charge in [0.25, 0.3) is 5.91 Å². The van der Waals surface area contributed by atoms with Crippen molar-refractivity contribution in [2.75, 3.05) is 12.4 Å². The fraction of sp³-hybridized carbons (Fsp3) is 0.182. The Hall–Kier alpha value is -1.73. The second kappa shape index (κ2) is 5.74. The van der Waals surface area contributed by atoms with Crippen molar-refractivity contribution in [2.45, 2.75) is 6.61 Å². The monoisotopic (exact) mass is 311 g/mol. The van der Waals surface area contributed by atoms with Gasteiger partial charge in [0.2, 0.25) is 0 Å². The molecule has 94 valence electrons. The van der Waals surface area contributed by atoms with E-state index >= 15 is 0 Å². The molecule has 2 aromatic heterocycles. The first-order valence-corrected chi connectivity index (χ1v) is 5.86. The van der Waals surface area contributed by atoms with Gasteiger partial charge in [0.1, 0.15) is 11.2 Å². The molecule has 0 aliphatic heterocycles. The molecule has 0 spiro atoms. The molecule has 0 radical (unpaired) electrons. The second-order valence-electron chi connectivity index (χ2n) is 3.44. The van der Waals surface area contributed by atoms with Gasteiger partial charge >= 0.3 is 0 Å². The number of methoxy groups -OCH3 is 1. The molecule has 0 aliphatic rings. The lowest BCUT2D eigenvalue weighted by Gasteiger charge is -2.01. The Labute approximate surface area is 111 Å². The number of carbonyl (C=O) groups excluding carboxylic acids is 1. The minimum atomic E-state index is -0.356. The van der Waals surface area contributed by atoms with Gasteiger partial charge in [0.15, 0.2) is 11.5 Å². The summed E-state index contributed by atoms with van der Waals surface area (Å²) < 4.78 is 10.5. The molecule has 2 aromatic rings. The molecule has 2 rings (SSSR count). The number of aromatic nitrogens is 2. The van der Waals surface area contributed by atoms with Gasteiger partial charge in [-0.15, -0.1) is 0 Å². The van der Waals surface area contributed by atoms with Crippen LogP contribution in [-0.2, 0) is 11.3 Å². The van der Waals surface area contributed by atoms with Crippen LogP contribution in [0.2, 0.25) is 0 Å². The normalized spacial score (nSPS) is 10.3. The molecule has 0 saturated carbocycles. The SMILES string of the molecule is COCc1cc(C(=O)Nc2ccc(Br)nc2)no1. The van der Waals surface area contributed by atoms with Crippen LogP contribution in [0.4, 0.5) is 5.69 Å². The lowest BCUT2D eigenvalue weighted by atomic mass is 10.3. The molecular formula is C11H10BrN3O3. The molecule has 0 aromatic carbocycles. The van der Waals surface area contributed by atoms with Crippen molar-refractivity contribution in [3.63, 3.8) is 0 Å². The van der Waals surface area contributed by atoms with Crippen molar-refractivity contribution in [1.29, 1.82) is 0 Å². The number of hydrogen-bond donors (Lipinski definition) is 1. The van der Waals surface area contributed by atoms with Crippen LogP contribution < -0.4 is 5.32 Å². The Balaban J connectivity index is 2.04. The number of carbonyl (C=O) groups is 1. The topological polar surface area (TPSA) is 77.2 Å². The predicted molar refractivity (Wildman–Crippen MR) is 67.1 cm³/mol. The number of halogens is 1. The van der Waals surface area contributed by atoms with Crippen LogP contribution in [0.5, 0.6) is 0 Å². The maximum atomic E-state index is 11.8. The number of nitrogens with zero attached hydrogens (tertiary/aromatic N) is 2. The Morgan fingerprint density at radius 1 is 1.56 bits per heavy atom. The summed E-state index contributed by atoms with van der Waals surface area (Å²) in [6.45, 7) is 0.278. The van der Waals surface area contributed by atoms with Crippen LogP contribution in [0.3, 0.4) is 0 Å². The second-order valence-corrected chi connectivity index (χ2v) is 4.25. The Bertz CT molecular complexity index is 539. The summed E-state index contributed by atoms with van der Waals surface area (Å²) in [7, 11) is 1.54. The van der Waals surface area contributed by atoms with Crippen LogP contribution in [0, 0.1) is 0 Å². The minimum Gasteiger partial charge on any atom is -0.377 e. The van der Waals surface area contributed by atoms with Crippen molar-refractivity contribution in [2.24, 2.45) is 0 Å². The Morgan fingerprint density at radius 2 is 2.39 bits per heavy atom. The number of nitrogens with one attached hydrogen (secondary N) is 1. The summed E-state index contributed by atoms with van der Waals surface area (Å²) in [6, 6.07) is 4.99. The van der Waals surface area contributed by atoms with E-state index in [1.54, 1.807) is 12.1 Å². The summed E-state index contributed by atoms with van der Waals surface area (Å²) in [5, 5.41) is 6.31. The summed E-state index contributed by atoms with van der Waals surface area (Å²) in [5.74, 6) is 0.141. The van der Waals surface area contributed by atoms with Gasteiger partial charge in [0.05, 0.1) is 11.9 Å². The molecule has 1 amide bonds. The third-order valence-corrected chi connectivity index (χ3v) is 2.53. The molecule has 0 unspecified atom stereocenters. The van der Waals surface area contributed by atoms with Gasteiger partial charge in [-0.3, -0.25) is 4.79 Å². The predicted octanol–water partition coefficient (Wildman–Crippen LogP) is 2.23. The highest BCUT2D eigenvalue weighted by molar-refractivity contribution is 9.10. The summed E-state index contributed by atoms with van der Waals surface area (Å²) in [4.78, 5) is 15.8. The number of pyridine rings is 1. The van der Waals surface area contributed by atoms with E-state index in [-0.39, 0.29) is 18.2 Å². The number of amides is 1. The molecule has 18 heavy (non-hydrogen) atoms. The largest absolute Gasteiger partial charge is 0.377 e. The number of hydrogen-bond acceptors (Lipinski definition) is 5. The highest BCUT2D eigenvalue weighted by atomic mass is 79.9. The summed E-state index contributed by atoms with van der Waals surface area (Å²) in [5.41, 5.74) is 0.782. The zero-order valence-electron chi connectivity index (χ0n) is 9.51. The third kappa shape index (κ3) is 3.14. The first-order valence-electron chi connectivity index (χ1n) is 5.06. The summed E-state index contributed by atoms with van der Waals surface area (Å²) in [6.07, 6.45) is 1.54. The quantitative estimate of drug-likeness (QED) is 0.876. The van der Waals surface area contributed by atoms with Crippen LogP contribution >= 0.6 is 15.9 Å². The zero-order valence-corrected chi connectivity index (χ0v) is 11.1. The zero-order chi connectivity index (χ0) is 13.0.